The number of hydrogen-bond acceptors (Lipinski definition) is 5. The lowest BCUT2D eigenvalue weighted by atomic mass is 9.92. The molecule has 4 aromatic carbocycles. The van der Waals surface area contributed by atoms with Crippen LogP contribution in [0.25, 0.3) is 32.7 Å². The Labute approximate surface area is 215 Å². The average molecular weight is 507 g/mol. The van der Waals surface area contributed by atoms with Crippen LogP contribution in [0.5, 0.6) is 11.5 Å². The van der Waals surface area contributed by atoms with Crippen LogP contribution < -0.4 is 9.47 Å². The van der Waals surface area contributed by atoms with Crippen LogP contribution in [0.2, 0.25) is 0 Å². The van der Waals surface area contributed by atoms with Crippen LogP contribution in [-0.2, 0) is 9.59 Å². The molecule has 4 rings (SSSR count). The minimum Gasteiger partial charge on any atom is -0.493 e. The third-order valence-electron chi connectivity index (χ3n) is 5.62. The van der Waals surface area contributed by atoms with Gasteiger partial charge in [0.15, 0.2) is 0 Å². The Kier molecular flexibility index (Phi) is 10.0. The van der Waals surface area contributed by atoms with Crippen molar-refractivity contribution in [3.63, 3.8) is 0 Å². The largest absolute Gasteiger partial charge is 0.493 e. The van der Waals surface area contributed by atoms with Crippen LogP contribution in [0.4, 0.5) is 0 Å². The summed E-state index contributed by atoms with van der Waals surface area (Å²) in [5.41, 5.74) is 1.75. The van der Waals surface area contributed by atoms with Crippen molar-refractivity contribution >= 4 is 46.1 Å². The summed E-state index contributed by atoms with van der Waals surface area (Å²) in [4.78, 5) is 21.8. The molecule has 0 amide bonds. The van der Waals surface area contributed by atoms with Crippen molar-refractivity contribution in [3.8, 4) is 22.6 Å². The minimum absolute atomic E-state index is 0.0368. The molecule has 0 saturated heterocycles. The van der Waals surface area contributed by atoms with Crippen LogP contribution in [0, 0.1) is 0 Å². The minimum atomic E-state index is -0.853. The van der Waals surface area contributed by atoms with E-state index < -0.39 is 11.9 Å². The summed E-state index contributed by atoms with van der Waals surface area (Å²) in [5, 5.41) is 22.0. The lowest BCUT2D eigenvalue weighted by Gasteiger charge is -2.19. The summed E-state index contributed by atoms with van der Waals surface area (Å²) in [7, 11) is 0. The Morgan fingerprint density at radius 2 is 1.03 bits per heavy atom. The van der Waals surface area contributed by atoms with Crippen LogP contribution in [-0.4, -0.2) is 41.6 Å². The lowest BCUT2D eigenvalue weighted by molar-refractivity contribution is -0.138. The summed E-state index contributed by atoms with van der Waals surface area (Å²) >= 11 is 3.53. The standard InChI is InChI=1S/C28H26O6.CH4S/c29-25(30)11-5-17-33-23-15-13-19-7-1-3-9-21(19)27(23)28-22-10-4-2-8-20(22)14-16-24(28)34-18-6-12-26(31)32;1-2/h1-4,7-10,13-16H,5-6,11-12,17-18H2,(H,29,30)(H,31,32);2H,1H3. The van der Waals surface area contributed by atoms with Crippen LogP contribution >= 0.6 is 12.6 Å². The molecule has 0 radical (unpaired) electrons. The Balaban J connectivity index is 0.00000176. The highest BCUT2D eigenvalue weighted by Gasteiger charge is 2.19. The highest BCUT2D eigenvalue weighted by Crippen LogP contribution is 2.45. The van der Waals surface area contributed by atoms with Gasteiger partial charge >= 0.3 is 11.9 Å². The molecular formula is C29H30O6S. The second-order valence-electron chi connectivity index (χ2n) is 8.01. The molecule has 0 aliphatic heterocycles. The van der Waals surface area contributed by atoms with Gasteiger partial charge in [0.25, 0.3) is 0 Å². The van der Waals surface area contributed by atoms with Gasteiger partial charge in [0.2, 0.25) is 0 Å². The first-order valence-corrected chi connectivity index (χ1v) is 12.6. The molecule has 6 nitrogen and oxygen atoms in total. The summed E-state index contributed by atoms with van der Waals surface area (Å²) < 4.78 is 12.2. The van der Waals surface area contributed by atoms with Crippen molar-refractivity contribution in [1.82, 2.24) is 0 Å². The number of aliphatic carboxylic acids is 2. The van der Waals surface area contributed by atoms with Gasteiger partial charge in [-0.15, -0.1) is 0 Å². The fourth-order valence-electron chi connectivity index (χ4n) is 4.07. The van der Waals surface area contributed by atoms with Crippen molar-refractivity contribution in [2.45, 2.75) is 25.7 Å². The Hall–Kier alpha value is -3.71. The number of benzene rings is 4. The summed E-state index contributed by atoms with van der Waals surface area (Å²) in [5.74, 6) is -0.409. The molecule has 0 bridgehead atoms. The molecule has 0 unspecified atom stereocenters. The number of thiol groups is 1. The smallest absolute Gasteiger partial charge is 0.303 e. The lowest BCUT2D eigenvalue weighted by Crippen LogP contribution is -2.05. The Morgan fingerprint density at radius 3 is 1.42 bits per heavy atom. The molecule has 7 heteroatoms. The van der Waals surface area contributed by atoms with E-state index in [1.807, 2.05) is 72.8 Å². The normalized spacial score (nSPS) is 10.5. The molecule has 0 saturated carbocycles. The Bertz CT molecular complexity index is 1230. The summed E-state index contributed by atoms with van der Waals surface area (Å²) in [6.07, 6.45) is 2.57. The van der Waals surface area contributed by atoms with Gasteiger partial charge in [-0.2, -0.15) is 12.6 Å². The SMILES string of the molecule is CS.O=C(O)CCCOc1ccc2ccccc2c1-c1c(OCCCC(=O)O)ccc2ccccc12. The fourth-order valence-corrected chi connectivity index (χ4v) is 4.07. The van der Waals surface area contributed by atoms with Gasteiger partial charge in [0.1, 0.15) is 11.5 Å². The first kappa shape index (κ1) is 26.9. The Morgan fingerprint density at radius 1 is 0.639 bits per heavy atom. The third-order valence-corrected chi connectivity index (χ3v) is 5.62. The quantitative estimate of drug-likeness (QED) is 0.155. The van der Waals surface area contributed by atoms with E-state index in [2.05, 4.69) is 12.6 Å². The molecule has 0 fully saturated rings. The van der Waals surface area contributed by atoms with Crippen molar-refractivity contribution < 1.29 is 29.3 Å². The number of fused-ring (bicyclic) bond motifs is 2. The summed E-state index contributed by atoms with van der Waals surface area (Å²) in [6.45, 7) is 0.550. The number of ether oxygens (including phenoxy) is 2. The van der Waals surface area contributed by atoms with E-state index in [-0.39, 0.29) is 26.1 Å². The fraction of sp³-hybridized carbons (Fsp3) is 0.241. The van der Waals surface area contributed by atoms with E-state index in [0.717, 1.165) is 32.7 Å². The van der Waals surface area contributed by atoms with Gasteiger partial charge in [0, 0.05) is 24.0 Å². The van der Waals surface area contributed by atoms with Gasteiger partial charge in [0.05, 0.1) is 13.2 Å². The zero-order valence-corrected chi connectivity index (χ0v) is 21.0. The third kappa shape index (κ3) is 6.70. The molecule has 0 aliphatic carbocycles. The topological polar surface area (TPSA) is 93.1 Å². The van der Waals surface area contributed by atoms with Gasteiger partial charge < -0.3 is 19.7 Å². The molecular weight excluding hydrogens is 476 g/mol. The van der Waals surface area contributed by atoms with Crippen molar-refractivity contribution in [2.24, 2.45) is 0 Å². The van der Waals surface area contributed by atoms with E-state index in [4.69, 9.17) is 19.7 Å². The summed E-state index contributed by atoms with van der Waals surface area (Å²) in [6, 6.07) is 23.8. The monoisotopic (exact) mass is 506 g/mol. The second-order valence-corrected chi connectivity index (χ2v) is 8.01. The van der Waals surface area contributed by atoms with E-state index in [1.165, 1.54) is 0 Å². The predicted molar refractivity (Wildman–Crippen MR) is 147 cm³/mol. The zero-order chi connectivity index (χ0) is 25.9. The molecule has 0 spiro atoms. The van der Waals surface area contributed by atoms with Crippen LogP contribution in [0.1, 0.15) is 25.7 Å². The molecule has 188 valence electrons. The van der Waals surface area contributed by atoms with E-state index in [1.54, 1.807) is 6.26 Å². The van der Waals surface area contributed by atoms with E-state index in [0.29, 0.717) is 24.3 Å². The predicted octanol–water partition coefficient (Wildman–Crippen LogP) is 6.69. The highest BCUT2D eigenvalue weighted by atomic mass is 32.1. The maximum absolute atomic E-state index is 10.9. The first-order chi connectivity index (χ1) is 17.5. The average Bonchev–Trinajstić information content (AvgIpc) is 2.89. The molecule has 0 aromatic heterocycles. The maximum atomic E-state index is 10.9. The van der Waals surface area contributed by atoms with Gasteiger partial charge in [-0.1, -0.05) is 60.7 Å². The van der Waals surface area contributed by atoms with Crippen LogP contribution in [0.3, 0.4) is 0 Å². The number of hydrogen-bond donors (Lipinski definition) is 3. The maximum Gasteiger partial charge on any atom is 0.303 e. The van der Waals surface area contributed by atoms with Crippen molar-refractivity contribution in [2.75, 3.05) is 19.5 Å². The number of carboxylic acid groups (broad SMARTS) is 2. The number of rotatable bonds is 11. The molecule has 2 N–H and O–H groups in total. The molecule has 0 heterocycles. The van der Waals surface area contributed by atoms with E-state index in [9.17, 15) is 9.59 Å². The molecule has 0 aliphatic rings. The molecule has 0 atom stereocenters. The van der Waals surface area contributed by atoms with Crippen molar-refractivity contribution in [3.05, 3.63) is 72.8 Å². The number of carbonyl (C=O) groups is 2. The number of carboxylic acids is 2. The molecule has 36 heavy (non-hydrogen) atoms. The van der Waals surface area contributed by atoms with Gasteiger partial charge in [-0.05, 0) is 52.8 Å². The van der Waals surface area contributed by atoms with E-state index >= 15 is 0 Å². The second kappa shape index (κ2) is 13.4. The van der Waals surface area contributed by atoms with Crippen LogP contribution in [0.15, 0.2) is 72.8 Å². The van der Waals surface area contributed by atoms with Crippen molar-refractivity contribution in [1.29, 1.82) is 0 Å². The van der Waals surface area contributed by atoms with Gasteiger partial charge in [-0.25, -0.2) is 0 Å². The zero-order valence-electron chi connectivity index (χ0n) is 20.1. The van der Waals surface area contributed by atoms with Gasteiger partial charge in [-0.3, -0.25) is 9.59 Å². The first-order valence-electron chi connectivity index (χ1n) is 11.7. The molecule has 4 aromatic rings. The highest BCUT2D eigenvalue weighted by molar-refractivity contribution is 7.79.